The molecular formula is C11H24N2O4S. The molecule has 0 spiro atoms. The molecule has 0 saturated carbocycles. The molecule has 1 N–H and O–H groups in total. The Hall–Kier alpha value is -0.660. The average Bonchev–Trinajstić information content (AvgIpc) is 2.21. The van der Waals surface area contributed by atoms with E-state index in [2.05, 4.69) is 0 Å². The Balaban J connectivity index is 4.88. The predicted octanol–water partition coefficient (Wildman–Crippen LogP) is 1.00. The summed E-state index contributed by atoms with van der Waals surface area (Å²) >= 11 is 0. The summed E-state index contributed by atoms with van der Waals surface area (Å²) in [6, 6.07) is -0.148. The third-order valence-electron chi connectivity index (χ3n) is 2.45. The van der Waals surface area contributed by atoms with E-state index in [1.165, 1.54) is 11.4 Å². The molecular weight excluding hydrogens is 256 g/mol. The largest absolute Gasteiger partial charge is 0.481 e. The number of nitrogens with zero attached hydrogens (tertiary/aromatic N) is 2. The number of carboxylic acid groups (broad SMARTS) is 1. The van der Waals surface area contributed by atoms with E-state index in [-0.39, 0.29) is 24.9 Å². The van der Waals surface area contributed by atoms with Crippen molar-refractivity contribution in [2.24, 2.45) is 5.92 Å². The van der Waals surface area contributed by atoms with Crippen LogP contribution in [0.3, 0.4) is 0 Å². The van der Waals surface area contributed by atoms with Crippen molar-refractivity contribution in [2.75, 3.05) is 20.1 Å². The van der Waals surface area contributed by atoms with Gasteiger partial charge in [0.15, 0.2) is 0 Å². The first-order chi connectivity index (χ1) is 8.09. The van der Waals surface area contributed by atoms with Crippen molar-refractivity contribution in [1.82, 2.24) is 8.61 Å². The Morgan fingerprint density at radius 1 is 1.22 bits per heavy atom. The van der Waals surface area contributed by atoms with Gasteiger partial charge >= 0.3 is 5.97 Å². The normalized spacial score (nSPS) is 12.9. The third-order valence-corrected chi connectivity index (χ3v) is 4.59. The van der Waals surface area contributed by atoms with Gasteiger partial charge < -0.3 is 5.11 Å². The van der Waals surface area contributed by atoms with Gasteiger partial charge in [-0.3, -0.25) is 4.79 Å². The molecule has 7 heteroatoms. The van der Waals surface area contributed by atoms with Gasteiger partial charge in [0.1, 0.15) is 0 Å². The van der Waals surface area contributed by atoms with E-state index in [1.807, 2.05) is 27.7 Å². The molecule has 0 aromatic heterocycles. The van der Waals surface area contributed by atoms with Crippen LogP contribution in [0.25, 0.3) is 0 Å². The lowest BCUT2D eigenvalue weighted by Gasteiger charge is -2.31. The maximum absolute atomic E-state index is 12.3. The second kappa shape index (κ2) is 7.06. The van der Waals surface area contributed by atoms with E-state index in [0.29, 0.717) is 6.54 Å². The fraction of sp³-hybridized carbons (Fsp3) is 0.909. The summed E-state index contributed by atoms with van der Waals surface area (Å²) in [6.07, 6.45) is -0.191. The highest BCUT2D eigenvalue weighted by molar-refractivity contribution is 7.86. The van der Waals surface area contributed by atoms with Crippen molar-refractivity contribution in [1.29, 1.82) is 0 Å². The Labute approximate surface area is 110 Å². The van der Waals surface area contributed by atoms with Crippen molar-refractivity contribution < 1.29 is 18.3 Å². The molecule has 0 rings (SSSR count). The van der Waals surface area contributed by atoms with E-state index in [1.54, 1.807) is 0 Å². The van der Waals surface area contributed by atoms with Crippen molar-refractivity contribution >= 4 is 16.2 Å². The molecule has 0 fully saturated rings. The molecule has 0 amide bonds. The summed E-state index contributed by atoms with van der Waals surface area (Å²) in [7, 11) is -2.18. The first-order valence-corrected chi connectivity index (χ1v) is 7.43. The van der Waals surface area contributed by atoms with Crippen LogP contribution in [-0.4, -0.2) is 54.3 Å². The maximum atomic E-state index is 12.3. The van der Waals surface area contributed by atoms with Crippen LogP contribution in [-0.2, 0) is 15.0 Å². The van der Waals surface area contributed by atoms with Gasteiger partial charge in [0, 0.05) is 26.2 Å². The maximum Gasteiger partial charge on any atom is 0.304 e. The summed E-state index contributed by atoms with van der Waals surface area (Å²) in [5.74, 6) is -0.785. The van der Waals surface area contributed by atoms with E-state index < -0.39 is 16.2 Å². The summed E-state index contributed by atoms with van der Waals surface area (Å²) in [5.41, 5.74) is 0. The van der Waals surface area contributed by atoms with Crippen LogP contribution in [0, 0.1) is 5.92 Å². The van der Waals surface area contributed by atoms with Crippen molar-refractivity contribution in [3.05, 3.63) is 0 Å². The smallest absolute Gasteiger partial charge is 0.304 e. The van der Waals surface area contributed by atoms with Crippen LogP contribution in [0.2, 0.25) is 0 Å². The summed E-state index contributed by atoms with van der Waals surface area (Å²) in [5, 5.41) is 8.59. The zero-order chi connectivity index (χ0) is 14.5. The second-order valence-electron chi connectivity index (χ2n) is 5.03. The topological polar surface area (TPSA) is 77.9 Å². The molecule has 0 aliphatic heterocycles. The van der Waals surface area contributed by atoms with E-state index in [4.69, 9.17) is 5.11 Å². The summed E-state index contributed by atoms with van der Waals surface area (Å²) < 4.78 is 27.1. The highest BCUT2D eigenvalue weighted by Gasteiger charge is 2.29. The monoisotopic (exact) mass is 280 g/mol. The van der Waals surface area contributed by atoms with Crippen LogP contribution in [0.4, 0.5) is 0 Å². The lowest BCUT2D eigenvalue weighted by molar-refractivity contribution is -0.137. The Kier molecular flexibility index (Phi) is 6.80. The molecule has 0 aromatic carbocycles. The standard InChI is InChI=1S/C11H24N2O4S/c1-9(2)8-13(10(3)4)18(16,17)12(5)7-6-11(14)15/h9-10H,6-8H2,1-5H3,(H,14,15). The molecule has 0 aliphatic carbocycles. The first-order valence-electron chi connectivity index (χ1n) is 6.04. The molecule has 108 valence electrons. The molecule has 6 nitrogen and oxygen atoms in total. The fourth-order valence-corrected chi connectivity index (χ4v) is 3.18. The van der Waals surface area contributed by atoms with Gasteiger partial charge in [0.25, 0.3) is 10.2 Å². The fourth-order valence-electron chi connectivity index (χ4n) is 1.48. The van der Waals surface area contributed by atoms with Crippen LogP contribution in [0.5, 0.6) is 0 Å². The molecule has 0 radical (unpaired) electrons. The van der Waals surface area contributed by atoms with Gasteiger partial charge in [-0.05, 0) is 19.8 Å². The lowest BCUT2D eigenvalue weighted by Crippen LogP contribution is -2.47. The van der Waals surface area contributed by atoms with Gasteiger partial charge in [0.05, 0.1) is 6.42 Å². The highest BCUT2D eigenvalue weighted by Crippen LogP contribution is 2.14. The molecule has 0 aromatic rings. The van der Waals surface area contributed by atoms with Gasteiger partial charge in [-0.25, -0.2) is 0 Å². The predicted molar refractivity (Wildman–Crippen MR) is 70.5 cm³/mol. The Bertz CT molecular complexity index is 365. The van der Waals surface area contributed by atoms with Crippen LogP contribution in [0.15, 0.2) is 0 Å². The van der Waals surface area contributed by atoms with Crippen LogP contribution < -0.4 is 0 Å². The minimum absolute atomic E-state index is 0.0149. The molecule has 0 unspecified atom stereocenters. The van der Waals surface area contributed by atoms with Crippen molar-refractivity contribution in [3.8, 4) is 0 Å². The third kappa shape index (κ3) is 5.32. The van der Waals surface area contributed by atoms with Gasteiger partial charge in [-0.1, -0.05) is 13.8 Å². The lowest BCUT2D eigenvalue weighted by atomic mass is 10.2. The number of hydrogen-bond donors (Lipinski definition) is 1. The van der Waals surface area contributed by atoms with Crippen LogP contribution >= 0.6 is 0 Å². The van der Waals surface area contributed by atoms with E-state index >= 15 is 0 Å². The van der Waals surface area contributed by atoms with Crippen molar-refractivity contribution in [3.63, 3.8) is 0 Å². The average molecular weight is 280 g/mol. The molecule has 18 heavy (non-hydrogen) atoms. The zero-order valence-electron chi connectivity index (χ0n) is 11.8. The van der Waals surface area contributed by atoms with Gasteiger partial charge in [-0.2, -0.15) is 17.0 Å². The summed E-state index contributed by atoms with van der Waals surface area (Å²) in [4.78, 5) is 10.5. The molecule has 0 atom stereocenters. The number of hydrogen-bond acceptors (Lipinski definition) is 3. The van der Waals surface area contributed by atoms with E-state index in [9.17, 15) is 13.2 Å². The minimum atomic E-state index is -3.59. The molecule has 0 saturated heterocycles. The van der Waals surface area contributed by atoms with Crippen molar-refractivity contribution in [2.45, 2.75) is 40.2 Å². The molecule has 0 heterocycles. The molecule has 0 bridgehead atoms. The second-order valence-corrected chi connectivity index (χ2v) is 7.02. The number of aliphatic carboxylic acids is 1. The summed E-state index contributed by atoms with van der Waals surface area (Å²) in [6.45, 7) is 7.93. The highest BCUT2D eigenvalue weighted by atomic mass is 32.2. The minimum Gasteiger partial charge on any atom is -0.481 e. The Morgan fingerprint density at radius 2 is 1.72 bits per heavy atom. The number of carboxylic acids is 1. The van der Waals surface area contributed by atoms with Crippen LogP contribution in [0.1, 0.15) is 34.1 Å². The SMILES string of the molecule is CC(C)CN(C(C)C)S(=O)(=O)N(C)CCC(=O)O. The first kappa shape index (κ1) is 17.3. The van der Waals surface area contributed by atoms with E-state index in [0.717, 1.165) is 4.31 Å². The van der Waals surface area contributed by atoms with Gasteiger partial charge in [0.2, 0.25) is 0 Å². The molecule has 0 aliphatic rings. The quantitative estimate of drug-likeness (QED) is 0.719. The zero-order valence-corrected chi connectivity index (χ0v) is 12.6. The number of rotatable bonds is 8. The Morgan fingerprint density at radius 3 is 2.06 bits per heavy atom. The number of carbonyl (C=O) groups is 1. The van der Waals surface area contributed by atoms with Gasteiger partial charge in [-0.15, -0.1) is 0 Å².